The lowest BCUT2D eigenvalue weighted by atomic mass is 10.0. The first-order valence-electron chi connectivity index (χ1n) is 16.3. The molecule has 8 heteroatoms. The van der Waals surface area contributed by atoms with Gasteiger partial charge >= 0.3 is 0 Å². The highest BCUT2D eigenvalue weighted by atomic mass is 16.1. The van der Waals surface area contributed by atoms with Gasteiger partial charge in [0.1, 0.15) is 0 Å². The Hall–Kier alpha value is -4.72. The van der Waals surface area contributed by atoms with Crippen molar-refractivity contribution in [3.8, 4) is 11.3 Å². The molecule has 8 nitrogen and oxygen atoms in total. The molecular formula is C39H56N6O2. The van der Waals surface area contributed by atoms with Gasteiger partial charge in [-0.25, -0.2) is 9.97 Å². The molecule has 1 unspecified atom stereocenters. The van der Waals surface area contributed by atoms with Gasteiger partial charge in [0.05, 0.1) is 18.0 Å². The van der Waals surface area contributed by atoms with Gasteiger partial charge < -0.3 is 0 Å². The number of allylic oxidation sites excluding steroid dienone is 5. The second-order valence-corrected chi connectivity index (χ2v) is 10.1. The summed E-state index contributed by atoms with van der Waals surface area (Å²) in [6.45, 7) is 25.5. The third kappa shape index (κ3) is 20.8. The summed E-state index contributed by atoms with van der Waals surface area (Å²) in [4.78, 5) is 48.5. The minimum absolute atomic E-state index is 0.0723. The van der Waals surface area contributed by atoms with Crippen LogP contribution in [0.3, 0.4) is 0 Å². The van der Waals surface area contributed by atoms with Gasteiger partial charge in [0.15, 0.2) is 11.6 Å². The van der Waals surface area contributed by atoms with Crippen LogP contribution >= 0.6 is 0 Å². The lowest BCUT2D eigenvalue weighted by Crippen LogP contribution is -2.13. The fourth-order valence-electron chi connectivity index (χ4n) is 3.37. The van der Waals surface area contributed by atoms with Gasteiger partial charge in [0, 0.05) is 60.6 Å². The number of carbonyl (C=O) groups is 2. The summed E-state index contributed by atoms with van der Waals surface area (Å²) in [5.41, 5.74) is 5.35. The maximum Gasteiger partial charge on any atom is 0.206 e. The van der Waals surface area contributed by atoms with Crippen molar-refractivity contribution in [2.75, 3.05) is 6.54 Å². The Balaban J connectivity index is 0. The van der Waals surface area contributed by atoms with Crippen LogP contribution in [0.1, 0.15) is 105 Å². The van der Waals surface area contributed by atoms with Gasteiger partial charge in [-0.2, -0.15) is 0 Å². The molecule has 3 aromatic rings. The Labute approximate surface area is 284 Å². The van der Waals surface area contributed by atoms with E-state index in [0.717, 1.165) is 22.3 Å². The summed E-state index contributed by atoms with van der Waals surface area (Å²) >= 11 is 0. The predicted octanol–water partition coefficient (Wildman–Crippen LogP) is 9.80. The van der Waals surface area contributed by atoms with E-state index in [1.54, 1.807) is 49.3 Å². The molecule has 0 bridgehead atoms. The highest BCUT2D eigenvalue weighted by Crippen LogP contribution is 2.16. The highest BCUT2D eigenvalue weighted by molar-refractivity contribution is 6.09. The maximum atomic E-state index is 12.3. The molecule has 47 heavy (non-hydrogen) atoms. The summed E-state index contributed by atoms with van der Waals surface area (Å²) in [7, 11) is 0. The van der Waals surface area contributed by atoms with Crippen LogP contribution in [0.15, 0.2) is 107 Å². The number of aromatic nitrogens is 4. The zero-order valence-corrected chi connectivity index (χ0v) is 30.5. The molecule has 0 saturated carbocycles. The van der Waals surface area contributed by atoms with Crippen molar-refractivity contribution in [2.45, 2.75) is 89.0 Å². The Morgan fingerprint density at radius 1 is 0.894 bits per heavy atom. The Kier molecular flexibility index (Phi) is 27.1. The van der Waals surface area contributed by atoms with Crippen molar-refractivity contribution in [3.63, 3.8) is 0 Å². The van der Waals surface area contributed by atoms with E-state index in [1.165, 1.54) is 6.42 Å². The smallest absolute Gasteiger partial charge is 0.206 e. The summed E-state index contributed by atoms with van der Waals surface area (Å²) in [6, 6.07) is 9.23. The number of carbonyl (C=O) groups excluding carboxylic acids is 2. The average Bonchev–Trinajstić information content (AvgIpc) is 3.10. The molecule has 0 N–H and O–H groups in total. The number of rotatable bonds is 11. The quantitative estimate of drug-likeness (QED) is 0.117. The normalized spacial score (nSPS) is 10.5. The molecule has 0 radical (unpaired) electrons. The first-order chi connectivity index (χ1) is 22.6. The topological polar surface area (TPSA) is 110 Å². The van der Waals surface area contributed by atoms with E-state index < -0.39 is 0 Å². The van der Waals surface area contributed by atoms with Gasteiger partial charge in [-0.05, 0) is 70.8 Å². The number of nitrogens with zero attached hydrogens (tertiary/aromatic N) is 6. The van der Waals surface area contributed by atoms with E-state index in [4.69, 9.17) is 0 Å². The van der Waals surface area contributed by atoms with E-state index in [2.05, 4.69) is 50.5 Å². The minimum atomic E-state index is -0.218. The van der Waals surface area contributed by atoms with Gasteiger partial charge in [-0.3, -0.25) is 29.5 Å². The molecular weight excluding hydrogens is 584 g/mol. The van der Waals surface area contributed by atoms with Crippen molar-refractivity contribution in [3.05, 3.63) is 108 Å². The van der Waals surface area contributed by atoms with E-state index in [1.807, 2.05) is 98.7 Å². The van der Waals surface area contributed by atoms with Crippen LogP contribution in [0.4, 0.5) is 0 Å². The molecule has 254 valence electrons. The molecule has 0 aromatic carbocycles. The number of pyridine rings is 2. The molecule has 0 fully saturated rings. The second kappa shape index (κ2) is 28.7. The zero-order valence-electron chi connectivity index (χ0n) is 30.5. The van der Waals surface area contributed by atoms with E-state index >= 15 is 0 Å². The van der Waals surface area contributed by atoms with Crippen LogP contribution in [-0.2, 0) is 4.79 Å². The molecule has 0 aliphatic heterocycles. The lowest BCUT2D eigenvalue weighted by molar-refractivity contribution is -0.116. The molecule has 3 aromatic heterocycles. The van der Waals surface area contributed by atoms with Crippen LogP contribution in [0.5, 0.6) is 0 Å². The monoisotopic (exact) mass is 640 g/mol. The highest BCUT2D eigenvalue weighted by Gasteiger charge is 2.16. The van der Waals surface area contributed by atoms with Crippen molar-refractivity contribution < 1.29 is 9.59 Å². The van der Waals surface area contributed by atoms with Gasteiger partial charge in [-0.1, -0.05) is 78.2 Å². The fourth-order valence-corrected chi connectivity index (χ4v) is 3.37. The standard InChI is InChI=1S/C16H17N3O.C16H19N3O.C3H8.2C2H6/c1-11(2)9-12(3)15(20)16-18-8-6-14(19-16)13-5-4-7-17-10-13;1-13(2)6-7-15(20)12-19-16(8-10-17-3)14-5-4-9-18-11-14;1-3-2;2*1-2/h4-10,12H,1-3H3;4-6,8-11H,3,7,12H2,1-2H3;3H2,1-2H3;2*1-2H3/b;10-8-,19-16?;;;. The Morgan fingerprint density at radius 2 is 1.51 bits per heavy atom. The fraction of sp³-hybridized carbons (Fsp3) is 0.385. The van der Waals surface area contributed by atoms with Crippen molar-refractivity contribution in [1.29, 1.82) is 0 Å². The molecule has 0 aliphatic carbocycles. The van der Waals surface area contributed by atoms with Crippen LogP contribution in [0.25, 0.3) is 11.3 Å². The summed E-state index contributed by atoms with van der Waals surface area (Å²) in [5.74, 6) is 0.0324. The number of ketones is 2. The first kappa shape index (κ1) is 44.4. The molecule has 0 aliphatic rings. The zero-order chi connectivity index (χ0) is 36.0. The van der Waals surface area contributed by atoms with Crippen LogP contribution in [-0.4, -0.2) is 50.5 Å². The largest absolute Gasteiger partial charge is 0.297 e. The minimum Gasteiger partial charge on any atom is -0.297 e. The molecule has 3 rings (SSSR count). The van der Waals surface area contributed by atoms with E-state index in [0.29, 0.717) is 17.8 Å². The second-order valence-electron chi connectivity index (χ2n) is 10.1. The molecule has 0 spiro atoms. The number of aliphatic imine (C=N–C) groups is 2. The van der Waals surface area contributed by atoms with E-state index in [9.17, 15) is 9.59 Å². The van der Waals surface area contributed by atoms with Crippen molar-refractivity contribution in [1.82, 2.24) is 19.9 Å². The SMILES string of the molecule is C=N/C=C\C(=NCC(=O)CC=C(C)C)c1cccnc1.CC.CC.CC(C)=CC(C)C(=O)c1nccc(-c2cccnc2)n1.CCC. The predicted molar refractivity (Wildman–Crippen MR) is 200 cm³/mol. The van der Waals surface area contributed by atoms with Gasteiger partial charge in [0.25, 0.3) is 0 Å². The third-order valence-corrected chi connectivity index (χ3v) is 5.29. The molecule has 0 saturated heterocycles. The summed E-state index contributed by atoms with van der Waals surface area (Å²) < 4.78 is 0. The summed E-state index contributed by atoms with van der Waals surface area (Å²) in [5, 5.41) is 0. The van der Waals surface area contributed by atoms with E-state index in [-0.39, 0.29) is 29.9 Å². The maximum absolute atomic E-state index is 12.3. The molecule has 1 atom stereocenters. The van der Waals surface area contributed by atoms with Crippen LogP contribution < -0.4 is 0 Å². The lowest BCUT2D eigenvalue weighted by Gasteiger charge is -2.06. The van der Waals surface area contributed by atoms with Crippen molar-refractivity contribution >= 4 is 24.0 Å². The average molecular weight is 641 g/mol. The van der Waals surface area contributed by atoms with Gasteiger partial charge in [-0.15, -0.1) is 0 Å². The number of hydrogen-bond acceptors (Lipinski definition) is 8. The molecule has 3 heterocycles. The summed E-state index contributed by atoms with van der Waals surface area (Å²) in [6.07, 6.45) is 17.2. The number of Topliss-reactive ketones (excluding diaryl/α,β-unsaturated/α-hetero) is 2. The van der Waals surface area contributed by atoms with Crippen LogP contribution in [0.2, 0.25) is 0 Å². The first-order valence-corrected chi connectivity index (χ1v) is 16.3. The van der Waals surface area contributed by atoms with Crippen LogP contribution in [0, 0.1) is 5.92 Å². The third-order valence-electron chi connectivity index (χ3n) is 5.29. The molecule has 0 amide bonds. The van der Waals surface area contributed by atoms with Crippen molar-refractivity contribution in [2.24, 2.45) is 15.9 Å². The number of hydrogen-bond donors (Lipinski definition) is 0. The van der Waals surface area contributed by atoms with Gasteiger partial charge in [0.2, 0.25) is 5.78 Å². The Morgan fingerprint density at radius 3 is 2.02 bits per heavy atom. The Bertz CT molecular complexity index is 1400.